The number of aryl methyl sites for hydroxylation is 1. The molecule has 12 heavy (non-hydrogen) atoms. The number of hydrogen-bond acceptors (Lipinski definition) is 4. The molecular weight excluding hydrogens is 156 g/mol. The summed E-state index contributed by atoms with van der Waals surface area (Å²) < 4.78 is 4.83. The molecule has 1 fully saturated rings. The van der Waals surface area contributed by atoms with Crippen LogP contribution in [0.1, 0.15) is 24.6 Å². The first-order valence-electron chi connectivity index (χ1n) is 3.80. The van der Waals surface area contributed by atoms with E-state index in [1.807, 2.05) is 0 Å². The Hall–Kier alpha value is -1.39. The zero-order chi connectivity index (χ0) is 8.77. The fourth-order valence-electron chi connectivity index (χ4n) is 1.23. The first-order chi connectivity index (χ1) is 5.65. The molecule has 3 N–H and O–H groups in total. The van der Waals surface area contributed by atoms with E-state index in [2.05, 4.69) is 10.1 Å². The van der Waals surface area contributed by atoms with Crippen LogP contribution < -0.4 is 5.73 Å². The summed E-state index contributed by atoms with van der Waals surface area (Å²) in [4.78, 5) is 4.07. The molecule has 1 aromatic rings. The number of nitrogens with two attached hydrogens (primary N) is 1. The van der Waals surface area contributed by atoms with E-state index >= 15 is 0 Å². The molecule has 0 aromatic carbocycles. The highest BCUT2D eigenvalue weighted by Gasteiger charge is 2.51. The predicted molar refractivity (Wildman–Crippen MR) is 41.9 cm³/mol. The van der Waals surface area contributed by atoms with Crippen molar-refractivity contribution in [2.75, 3.05) is 0 Å². The van der Waals surface area contributed by atoms with Gasteiger partial charge >= 0.3 is 0 Å². The average Bonchev–Trinajstić information content (AvgIpc) is 2.71. The Morgan fingerprint density at radius 1 is 1.67 bits per heavy atom. The minimum absolute atomic E-state index is 0.142. The average molecular weight is 166 g/mol. The third-order valence-electron chi connectivity index (χ3n) is 2.22. The highest BCUT2D eigenvalue weighted by Crippen LogP contribution is 2.46. The highest BCUT2D eigenvalue weighted by atomic mass is 16.5. The van der Waals surface area contributed by atoms with E-state index in [9.17, 15) is 0 Å². The maximum atomic E-state index is 7.36. The van der Waals surface area contributed by atoms with Gasteiger partial charge in [-0.25, -0.2) is 0 Å². The Morgan fingerprint density at radius 2 is 2.33 bits per heavy atom. The van der Waals surface area contributed by atoms with Crippen molar-refractivity contribution < 1.29 is 4.52 Å². The standard InChI is InChI=1S/C7H10N4O/c1-4-10-6(11-12-4)7(2-3-7)5(8)9/h2-3H2,1H3,(H3,8,9). The summed E-state index contributed by atoms with van der Waals surface area (Å²) in [5.41, 5.74) is 5.04. The molecule has 0 saturated heterocycles. The summed E-state index contributed by atoms with van der Waals surface area (Å²) in [6, 6.07) is 0. The van der Waals surface area contributed by atoms with Crippen LogP contribution in [0, 0.1) is 12.3 Å². The minimum Gasteiger partial charge on any atom is -0.387 e. The first kappa shape index (κ1) is 7.27. The van der Waals surface area contributed by atoms with Gasteiger partial charge in [0.05, 0.1) is 5.41 Å². The molecule has 5 nitrogen and oxygen atoms in total. The second-order valence-electron chi connectivity index (χ2n) is 3.13. The number of nitrogens with zero attached hydrogens (tertiary/aromatic N) is 2. The van der Waals surface area contributed by atoms with Crippen LogP contribution >= 0.6 is 0 Å². The third-order valence-corrected chi connectivity index (χ3v) is 2.22. The number of rotatable bonds is 2. The Labute approximate surface area is 69.5 Å². The van der Waals surface area contributed by atoms with Gasteiger partial charge in [-0.05, 0) is 12.8 Å². The van der Waals surface area contributed by atoms with E-state index in [-0.39, 0.29) is 5.84 Å². The van der Waals surface area contributed by atoms with Crippen LogP contribution in [0.25, 0.3) is 0 Å². The highest BCUT2D eigenvalue weighted by molar-refractivity contribution is 5.91. The molecule has 1 heterocycles. The van der Waals surface area contributed by atoms with Crippen molar-refractivity contribution in [3.8, 4) is 0 Å². The minimum atomic E-state index is -0.391. The molecule has 2 rings (SSSR count). The second-order valence-corrected chi connectivity index (χ2v) is 3.13. The van der Waals surface area contributed by atoms with Crippen LogP contribution in [0.4, 0.5) is 0 Å². The zero-order valence-corrected chi connectivity index (χ0v) is 6.79. The van der Waals surface area contributed by atoms with Gasteiger partial charge in [0.2, 0.25) is 5.89 Å². The number of aromatic nitrogens is 2. The molecule has 1 aliphatic rings. The van der Waals surface area contributed by atoms with Gasteiger partial charge in [-0.2, -0.15) is 4.98 Å². The van der Waals surface area contributed by atoms with Gasteiger partial charge in [-0.1, -0.05) is 5.16 Å². The molecule has 0 bridgehead atoms. The zero-order valence-electron chi connectivity index (χ0n) is 6.79. The van der Waals surface area contributed by atoms with Gasteiger partial charge in [-0.15, -0.1) is 0 Å². The van der Waals surface area contributed by atoms with Crippen LogP contribution in [-0.2, 0) is 5.41 Å². The summed E-state index contributed by atoms with van der Waals surface area (Å²) in [5, 5.41) is 11.1. The SMILES string of the molecule is Cc1nc(C2(C(=N)N)CC2)no1. The fourth-order valence-corrected chi connectivity index (χ4v) is 1.23. The maximum Gasteiger partial charge on any atom is 0.223 e. The van der Waals surface area contributed by atoms with E-state index in [1.54, 1.807) is 6.92 Å². The molecular formula is C7H10N4O. The number of amidine groups is 1. The quantitative estimate of drug-likeness (QED) is 0.490. The van der Waals surface area contributed by atoms with Crippen molar-refractivity contribution in [3.05, 3.63) is 11.7 Å². The van der Waals surface area contributed by atoms with Crippen LogP contribution in [0.2, 0.25) is 0 Å². The smallest absolute Gasteiger partial charge is 0.223 e. The molecule has 0 aliphatic heterocycles. The second kappa shape index (κ2) is 2.06. The largest absolute Gasteiger partial charge is 0.387 e. The maximum absolute atomic E-state index is 7.36. The van der Waals surface area contributed by atoms with Gasteiger partial charge in [-0.3, -0.25) is 5.41 Å². The molecule has 0 radical (unpaired) electrons. The molecule has 1 saturated carbocycles. The molecule has 0 amide bonds. The van der Waals surface area contributed by atoms with E-state index < -0.39 is 5.41 Å². The van der Waals surface area contributed by atoms with E-state index in [0.717, 1.165) is 12.8 Å². The van der Waals surface area contributed by atoms with Crippen LogP contribution in [0.3, 0.4) is 0 Å². The van der Waals surface area contributed by atoms with Gasteiger partial charge in [0, 0.05) is 6.92 Å². The van der Waals surface area contributed by atoms with Gasteiger partial charge in [0.25, 0.3) is 0 Å². The Kier molecular flexibility index (Phi) is 1.25. The van der Waals surface area contributed by atoms with E-state index in [1.165, 1.54) is 0 Å². The van der Waals surface area contributed by atoms with Gasteiger partial charge in [0.15, 0.2) is 5.82 Å². The monoisotopic (exact) mass is 166 g/mol. The third kappa shape index (κ3) is 0.823. The first-order valence-corrected chi connectivity index (χ1v) is 3.80. The van der Waals surface area contributed by atoms with Crippen molar-refractivity contribution in [3.63, 3.8) is 0 Å². The van der Waals surface area contributed by atoms with Crippen molar-refractivity contribution in [1.82, 2.24) is 10.1 Å². The van der Waals surface area contributed by atoms with Gasteiger partial charge < -0.3 is 10.3 Å². The summed E-state index contributed by atoms with van der Waals surface area (Å²) in [6.07, 6.45) is 1.72. The van der Waals surface area contributed by atoms with Crippen LogP contribution in [-0.4, -0.2) is 16.0 Å². The Balaban J connectivity index is 2.36. The lowest BCUT2D eigenvalue weighted by molar-refractivity contribution is 0.385. The van der Waals surface area contributed by atoms with E-state index in [0.29, 0.717) is 11.7 Å². The molecule has 0 atom stereocenters. The van der Waals surface area contributed by atoms with Crippen molar-refractivity contribution in [2.45, 2.75) is 25.2 Å². The molecule has 1 aliphatic carbocycles. The lowest BCUT2D eigenvalue weighted by atomic mass is 10.1. The summed E-state index contributed by atoms with van der Waals surface area (Å²) >= 11 is 0. The van der Waals surface area contributed by atoms with E-state index in [4.69, 9.17) is 15.7 Å². The molecule has 0 spiro atoms. The van der Waals surface area contributed by atoms with Crippen molar-refractivity contribution in [2.24, 2.45) is 5.73 Å². The molecule has 64 valence electrons. The molecule has 0 unspecified atom stereocenters. The van der Waals surface area contributed by atoms with Crippen LogP contribution in [0.5, 0.6) is 0 Å². The summed E-state index contributed by atoms with van der Waals surface area (Å²) in [6.45, 7) is 1.73. The summed E-state index contributed by atoms with van der Waals surface area (Å²) in [5.74, 6) is 1.23. The van der Waals surface area contributed by atoms with Crippen molar-refractivity contribution in [1.29, 1.82) is 5.41 Å². The lowest BCUT2D eigenvalue weighted by Gasteiger charge is -2.05. The molecule has 5 heteroatoms. The predicted octanol–water partition coefficient (Wildman–Crippen LogP) is 0.346. The van der Waals surface area contributed by atoms with Crippen LogP contribution in [0.15, 0.2) is 4.52 Å². The normalized spacial score (nSPS) is 19.1. The number of hydrogen-bond donors (Lipinski definition) is 2. The lowest BCUT2D eigenvalue weighted by Crippen LogP contribution is -2.28. The Morgan fingerprint density at radius 3 is 2.67 bits per heavy atom. The topological polar surface area (TPSA) is 88.8 Å². The molecule has 1 aromatic heterocycles. The van der Waals surface area contributed by atoms with Gasteiger partial charge in [0.1, 0.15) is 5.84 Å². The summed E-state index contributed by atoms with van der Waals surface area (Å²) in [7, 11) is 0. The van der Waals surface area contributed by atoms with Crippen molar-refractivity contribution >= 4 is 5.84 Å². The Bertz CT molecular complexity index is 326. The fraction of sp³-hybridized carbons (Fsp3) is 0.571. The number of nitrogens with one attached hydrogen (secondary N) is 1.